The number of piperidine rings is 1. The van der Waals surface area contributed by atoms with Crippen LogP contribution in [0.2, 0.25) is 0 Å². The van der Waals surface area contributed by atoms with Gasteiger partial charge in [-0.1, -0.05) is 30.3 Å². The minimum Gasteiger partial charge on any atom is -0.444 e. The molecule has 1 aliphatic heterocycles. The van der Waals surface area contributed by atoms with Crippen molar-refractivity contribution in [3.05, 3.63) is 46.0 Å². The Morgan fingerprint density at radius 1 is 1.37 bits per heavy atom. The highest BCUT2D eigenvalue weighted by Gasteiger charge is 2.54. The maximum Gasteiger partial charge on any atom is 0.410 e. The molecule has 2 rings (SSSR count). The summed E-state index contributed by atoms with van der Waals surface area (Å²) in [5, 5.41) is 22.4. The lowest BCUT2D eigenvalue weighted by Gasteiger charge is -2.39. The van der Waals surface area contributed by atoms with Crippen molar-refractivity contribution in [2.45, 2.75) is 57.5 Å². The monoisotopic (exact) mass is 380 g/mol. The van der Waals surface area contributed by atoms with E-state index in [1.807, 2.05) is 30.3 Å². The Hall–Kier alpha value is -2.19. The number of likely N-dealkylation sites (tertiary alicyclic amines) is 1. The molecule has 0 spiro atoms. The lowest BCUT2D eigenvalue weighted by molar-refractivity contribution is -0.587. The number of nitrogens with zero attached hydrogens (tertiary/aromatic N) is 2. The molecule has 1 N–H and O–H groups in total. The van der Waals surface area contributed by atoms with Gasteiger partial charge in [-0.25, -0.2) is 4.79 Å². The van der Waals surface area contributed by atoms with E-state index < -0.39 is 28.3 Å². The highest BCUT2D eigenvalue weighted by atomic mass is 16.6. The molecule has 1 aliphatic rings. The number of amides is 1. The number of aliphatic hydroxyl groups excluding tert-OH is 1. The van der Waals surface area contributed by atoms with Crippen molar-refractivity contribution >= 4 is 6.09 Å². The highest BCUT2D eigenvalue weighted by molar-refractivity contribution is 5.68. The van der Waals surface area contributed by atoms with Gasteiger partial charge in [0.1, 0.15) is 11.7 Å². The minimum absolute atomic E-state index is 0.176. The number of hydrogen-bond acceptors (Lipinski definition) is 6. The van der Waals surface area contributed by atoms with Crippen molar-refractivity contribution in [2.24, 2.45) is 0 Å². The molecule has 0 saturated carbocycles. The standard InChI is InChI=1S/C19H28N2O6/c1-18(2,3)27-17(23)20-11-7-10-19(14-20,21(24)25)16(22)13-26-12-15-8-5-4-6-9-15/h4-6,8-9,16,22H,7,10-14H2,1-3H3. The van der Waals surface area contributed by atoms with Crippen LogP contribution in [0.3, 0.4) is 0 Å². The van der Waals surface area contributed by atoms with E-state index in [4.69, 9.17) is 9.47 Å². The third kappa shape index (κ3) is 5.64. The second kappa shape index (κ2) is 8.67. The summed E-state index contributed by atoms with van der Waals surface area (Å²) in [7, 11) is 0. The summed E-state index contributed by atoms with van der Waals surface area (Å²) in [6.45, 7) is 5.44. The van der Waals surface area contributed by atoms with Crippen molar-refractivity contribution in [3.8, 4) is 0 Å². The highest BCUT2D eigenvalue weighted by Crippen LogP contribution is 2.29. The predicted molar refractivity (Wildman–Crippen MR) is 98.9 cm³/mol. The Balaban J connectivity index is 2.02. The van der Waals surface area contributed by atoms with Gasteiger partial charge in [0.25, 0.3) is 5.54 Å². The van der Waals surface area contributed by atoms with E-state index in [1.165, 1.54) is 4.90 Å². The summed E-state index contributed by atoms with van der Waals surface area (Å²) < 4.78 is 10.8. The Morgan fingerprint density at radius 3 is 2.63 bits per heavy atom. The van der Waals surface area contributed by atoms with Gasteiger partial charge >= 0.3 is 6.09 Å². The van der Waals surface area contributed by atoms with Crippen molar-refractivity contribution in [1.29, 1.82) is 0 Å². The molecule has 1 heterocycles. The van der Waals surface area contributed by atoms with Crippen molar-refractivity contribution in [3.63, 3.8) is 0 Å². The quantitative estimate of drug-likeness (QED) is 0.601. The SMILES string of the molecule is CC(C)(C)OC(=O)N1CCCC(C(O)COCc2ccccc2)([N+](=O)[O-])C1. The van der Waals surface area contributed by atoms with E-state index >= 15 is 0 Å². The molecule has 8 nitrogen and oxygen atoms in total. The molecule has 2 unspecified atom stereocenters. The first-order valence-electron chi connectivity index (χ1n) is 9.06. The summed E-state index contributed by atoms with van der Waals surface area (Å²) in [6.07, 6.45) is -1.35. The lowest BCUT2D eigenvalue weighted by atomic mass is 9.84. The van der Waals surface area contributed by atoms with Gasteiger partial charge in [-0.2, -0.15) is 0 Å². The van der Waals surface area contributed by atoms with Gasteiger partial charge < -0.3 is 19.5 Å². The molecule has 0 bridgehead atoms. The first kappa shape index (κ1) is 21.1. The number of hydrogen-bond donors (Lipinski definition) is 1. The second-order valence-corrected chi connectivity index (χ2v) is 7.88. The lowest BCUT2D eigenvalue weighted by Crippen LogP contribution is -2.62. The van der Waals surface area contributed by atoms with Gasteiger partial charge in [0, 0.05) is 17.9 Å². The number of carbonyl (C=O) groups is 1. The van der Waals surface area contributed by atoms with E-state index in [0.717, 1.165) is 5.56 Å². The zero-order valence-corrected chi connectivity index (χ0v) is 16.1. The summed E-state index contributed by atoms with van der Waals surface area (Å²) in [4.78, 5) is 24.9. The van der Waals surface area contributed by atoms with Crippen LogP contribution in [0.5, 0.6) is 0 Å². The van der Waals surface area contributed by atoms with Crippen LogP contribution in [0, 0.1) is 10.1 Å². The van der Waals surface area contributed by atoms with Gasteiger partial charge in [0.2, 0.25) is 0 Å². The van der Waals surface area contributed by atoms with Crippen LogP contribution in [-0.4, -0.2) is 58.0 Å². The molecule has 0 radical (unpaired) electrons. The Labute approximate surface area is 159 Å². The Kier molecular flexibility index (Phi) is 6.78. The van der Waals surface area contributed by atoms with Crippen LogP contribution in [-0.2, 0) is 16.1 Å². The average molecular weight is 380 g/mol. The van der Waals surface area contributed by atoms with Gasteiger partial charge in [0.15, 0.2) is 0 Å². The minimum atomic E-state index is -1.66. The molecule has 1 aromatic rings. The summed E-state index contributed by atoms with van der Waals surface area (Å²) in [6, 6.07) is 9.37. The molecule has 0 aliphatic carbocycles. The first-order valence-corrected chi connectivity index (χ1v) is 9.06. The van der Waals surface area contributed by atoms with E-state index in [1.54, 1.807) is 20.8 Å². The topological polar surface area (TPSA) is 102 Å². The average Bonchev–Trinajstić information content (AvgIpc) is 2.61. The van der Waals surface area contributed by atoms with Gasteiger partial charge in [0.05, 0.1) is 19.8 Å². The molecule has 150 valence electrons. The number of carbonyl (C=O) groups excluding carboxylic acids is 1. The molecule has 8 heteroatoms. The van der Waals surface area contributed by atoms with E-state index in [2.05, 4.69) is 0 Å². The molecule has 2 atom stereocenters. The number of aliphatic hydroxyl groups is 1. The zero-order valence-electron chi connectivity index (χ0n) is 16.1. The van der Waals surface area contributed by atoms with Crippen molar-refractivity contribution < 1.29 is 24.3 Å². The Bertz CT molecular complexity index is 645. The van der Waals surface area contributed by atoms with E-state index in [0.29, 0.717) is 13.0 Å². The van der Waals surface area contributed by atoms with Crippen LogP contribution in [0.15, 0.2) is 30.3 Å². The number of benzene rings is 1. The van der Waals surface area contributed by atoms with Crippen molar-refractivity contribution in [2.75, 3.05) is 19.7 Å². The normalized spacial score (nSPS) is 21.6. The maximum absolute atomic E-state index is 12.3. The third-order valence-electron chi connectivity index (χ3n) is 4.53. The van der Waals surface area contributed by atoms with Gasteiger partial charge in [-0.3, -0.25) is 10.1 Å². The van der Waals surface area contributed by atoms with Gasteiger partial charge in [-0.05, 0) is 32.8 Å². The van der Waals surface area contributed by atoms with Gasteiger partial charge in [-0.15, -0.1) is 0 Å². The molecule has 1 aromatic carbocycles. The van der Waals surface area contributed by atoms with Crippen LogP contribution >= 0.6 is 0 Å². The fraction of sp³-hybridized carbons (Fsp3) is 0.632. The molecular weight excluding hydrogens is 352 g/mol. The Morgan fingerprint density at radius 2 is 2.04 bits per heavy atom. The second-order valence-electron chi connectivity index (χ2n) is 7.88. The number of ether oxygens (including phenoxy) is 2. The molecule has 1 amide bonds. The fourth-order valence-corrected chi connectivity index (χ4v) is 3.11. The molecule has 1 saturated heterocycles. The summed E-state index contributed by atoms with van der Waals surface area (Å²) in [5.41, 5.74) is -1.44. The smallest absolute Gasteiger partial charge is 0.410 e. The summed E-state index contributed by atoms with van der Waals surface area (Å²) in [5.74, 6) is 0. The molecule has 27 heavy (non-hydrogen) atoms. The molecule has 0 aromatic heterocycles. The largest absolute Gasteiger partial charge is 0.444 e. The zero-order chi connectivity index (χ0) is 20.1. The van der Waals surface area contributed by atoms with Crippen LogP contribution in [0.25, 0.3) is 0 Å². The van der Waals surface area contributed by atoms with Crippen LogP contribution in [0.4, 0.5) is 4.79 Å². The molecule has 1 fully saturated rings. The van der Waals surface area contributed by atoms with Crippen LogP contribution < -0.4 is 0 Å². The fourth-order valence-electron chi connectivity index (χ4n) is 3.11. The van der Waals surface area contributed by atoms with Crippen molar-refractivity contribution in [1.82, 2.24) is 4.90 Å². The molecular formula is C19H28N2O6. The van der Waals surface area contributed by atoms with Crippen LogP contribution in [0.1, 0.15) is 39.2 Å². The predicted octanol–water partition coefficient (Wildman–Crippen LogP) is 2.61. The number of nitro groups is 1. The van der Waals surface area contributed by atoms with E-state index in [9.17, 15) is 20.0 Å². The number of rotatable bonds is 6. The first-order chi connectivity index (χ1) is 12.6. The van der Waals surface area contributed by atoms with E-state index in [-0.39, 0.29) is 26.2 Å². The third-order valence-corrected chi connectivity index (χ3v) is 4.53. The summed E-state index contributed by atoms with van der Waals surface area (Å²) >= 11 is 0. The maximum atomic E-state index is 12.3.